The van der Waals surface area contributed by atoms with Crippen molar-refractivity contribution in [1.29, 1.82) is 5.26 Å². The Morgan fingerprint density at radius 1 is 1.13 bits per heavy atom. The third-order valence-electron chi connectivity index (χ3n) is 3.41. The first-order valence-electron chi connectivity index (χ1n) is 7.09. The van der Waals surface area contributed by atoms with Crippen LogP contribution in [0.2, 0.25) is 0 Å². The molecule has 0 saturated heterocycles. The summed E-state index contributed by atoms with van der Waals surface area (Å²) in [6.45, 7) is 2.05. The van der Waals surface area contributed by atoms with Crippen molar-refractivity contribution in [3.8, 4) is 23.1 Å². The Kier molecular flexibility index (Phi) is 4.22. The molecular weight excluding hydrogens is 304 g/mol. The molecule has 3 nitrogen and oxygen atoms in total. The van der Waals surface area contributed by atoms with Gasteiger partial charge < -0.3 is 5.11 Å². The van der Waals surface area contributed by atoms with Crippen LogP contribution in [-0.2, 0) is 0 Å². The molecule has 0 aliphatic carbocycles. The van der Waals surface area contributed by atoms with E-state index in [9.17, 15) is 10.4 Å². The molecule has 0 amide bonds. The molecule has 0 spiro atoms. The van der Waals surface area contributed by atoms with Crippen LogP contribution in [0.5, 0.6) is 5.75 Å². The zero-order valence-corrected chi connectivity index (χ0v) is 13.3. The zero-order valence-electron chi connectivity index (χ0n) is 12.5. The Balaban J connectivity index is 1.92. The fraction of sp³-hybridized carbons (Fsp3) is 0.0526. The van der Waals surface area contributed by atoms with Crippen LogP contribution in [0.3, 0.4) is 0 Å². The van der Waals surface area contributed by atoms with E-state index >= 15 is 0 Å². The second-order valence-corrected chi connectivity index (χ2v) is 6.02. The average molecular weight is 318 g/mol. The molecule has 23 heavy (non-hydrogen) atoms. The third-order valence-corrected chi connectivity index (χ3v) is 4.28. The zero-order chi connectivity index (χ0) is 16.2. The number of rotatable bonds is 3. The van der Waals surface area contributed by atoms with Crippen LogP contribution in [0.1, 0.15) is 16.1 Å². The molecule has 0 bridgehead atoms. The Bertz CT molecular complexity index is 884. The second kappa shape index (κ2) is 6.47. The van der Waals surface area contributed by atoms with Gasteiger partial charge >= 0.3 is 0 Å². The summed E-state index contributed by atoms with van der Waals surface area (Å²) in [5.74, 6) is 0.205. The maximum Gasteiger partial charge on any atom is 0.134 e. The summed E-state index contributed by atoms with van der Waals surface area (Å²) in [7, 11) is 0. The first-order valence-corrected chi connectivity index (χ1v) is 7.97. The topological polar surface area (TPSA) is 56.9 Å². The summed E-state index contributed by atoms with van der Waals surface area (Å²) in [6.07, 6.45) is 1.77. The summed E-state index contributed by atoms with van der Waals surface area (Å²) in [4.78, 5) is 4.57. The molecule has 0 aliphatic rings. The summed E-state index contributed by atoms with van der Waals surface area (Å²) < 4.78 is 0. The summed E-state index contributed by atoms with van der Waals surface area (Å²) >= 11 is 1.45. The van der Waals surface area contributed by atoms with Crippen molar-refractivity contribution in [2.75, 3.05) is 0 Å². The molecule has 3 rings (SSSR count). The molecule has 0 atom stereocenters. The maximum atomic E-state index is 9.41. The first-order chi connectivity index (χ1) is 11.2. The molecule has 112 valence electrons. The Morgan fingerprint density at radius 3 is 2.48 bits per heavy atom. The Labute approximate surface area is 138 Å². The van der Waals surface area contributed by atoms with Crippen molar-refractivity contribution in [3.05, 3.63) is 70.0 Å². The van der Waals surface area contributed by atoms with Crippen molar-refractivity contribution in [2.24, 2.45) is 0 Å². The van der Waals surface area contributed by atoms with Gasteiger partial charge in [0.25, 0.3) is 0 Å². The Morgan fingerprint density at radius 2 is 1.83 bits per heavy atom. The smallest absolute Gasteiger partial charge is 0.134 e. The number of hydrogen-bond donors (Lipinski definition) is 1. The lowest BCUT2D eigenvalue weighted by molar-refractivity contribution is 0.475. The molecule has 1 heterocycles. The molecular formula is C19H14N2OS. The highest BCUT2D eigenvalue weighted by Crippen LogP contribution is 2.27. The van der Waals surface area contributed by atoms with E-state index in [-0.39, 0.29) is 5.75 Å². The highest BCUT2D eigenvalue weighted by molar-refractivity contribution is 7.11. The number of aromatic nitrogens is 1. The van der Waals surface area contributed by atoms with Gasteiger partial charge in [0, 0.05) is 10.9 Å². The summed E-state index contributed by atoms with van der Waals surface area (Å²) in [6, 6.07) is 17.1. The van der Waals surface area contributed by atoms with Crippen LogP contribution in [-0.4, -0.2) is 10.1 Å². The first kappa shape index (κ1) is 15.0. The second-order valence-electron chi connectivity index (χ2n) is 5.17. The Hall–Kier alpha value is -2.90. The van der Waals surface area contributed by atoms with E-state index in [1.165, 1.54) is 16.9 Å². The normalized spacial score (nSPS) is 11.2. The van der Waals surface area contributed by atoms with Gasteiger partial charge in [-0.05, 0) is 30.7 Å². The highest BCUT2D eigenvalue weighted by Gasteiger charge is 2.09. The van der Waals surface area contributed by atoms with Crippen molar-refractivity contribution in [3.63, 3.8) is 0 Å². The molecule has 1 N–H and O–H groups in total. The van der Waals surface area contributed by atoms with Gasteiger partial charge in [0.05, 0.1) is 11.3 Å². The predicted octanol–water partition coefficient (Wildman–Crippen LogP) is 4.89. The predicted molar refractivity (Wildman–Crippen MR) is 93.9 cm³/mol. The van der Waals surface area contributed by atoms with Gasteiger partial charge in [0.15, 0.2) is 0 Å². The van der Waals surface area contributed by atoms with Crippen molar-refractivity contribution < 1.29 is 5.11 Å². The minimum atomic E-state index is 0.205. The molecule has 4 heteroatoms. The minimum Gasteiger partial charge on any atom is -0.508 e. The fourth-order valence-corrected chi connectivity index (χ4v) is 2.93. The molecule has 0 unspecified atom stereocenters. The quantitative estimate of drug-likeness (QED) is 0.700. The van der Waals surface area contributed by atoms with Crippen molar-refractivity contribution in [1.82, 2.24) is 4.98 Å². The fourth-order valence-electron chi connectivity index (χ4n) is 2.13. The van der Waals surface area contributed by atoms with Crippen molar-refractivity contribution in [2.45, 2.75) is 6.92 Å². The van der Waals surface area contributed by atoms with E-state index < -0.39 is 0 Å². The number of thiazole rings is 1. The number of phenolic OH excluding ortho intramolecular Hbond substituents is 1. The lowest BCUT2D eigenvalue weighted by Crippen LogP contribution is -1.83. The van der Waals surface area contributed by atoms with Crippen LogP contribution in [0.25, 0.3) is 22.9 Å². The SMILES string of the molecule is Cc1ccc(-c2csc(C(C#N)=Cc3ccc(O)cc3)n2)cc1. The van der Waals surface area contributed by atoms with Crippen LogP contribution < -0.4 is 0 Å². The monoisotopic (exact) mass is 318 g/mol. The van der Waals surface area contributed by atoms with E-state index in [4.69, 9.17) is 0 Å². The van der Waals surface area contributed by atoms with E-state index in [0.717, 1.165) is 16.8 Å². The number of benzene rings is 2. The molecule has 0 saturated carbocycles. The third kappa shape index (κ3) is 3.47. The number of hydrogen-bond acceptors (Lipinski definition) is 4. The van der Waals surface area contributed by atoms with Crippen LogP contribution >= 0.6 is 11.3 Å². The molecule has 1 aromatic heterocycles. The van der Waals surface area contributed by atoms with E-state index in [1.807, 2.05) is 36.6 Å². The van der Waals surface area contributed by atoms with Gasteiger partial charge in [-0.1, -0.05) is 42.0 Å². The van der Waals surface area contributed by atoms with Crippen LogP contribution in [0.4, 0.5) is 0 Å². The number of nitriles is 1. The standard InChI is InChI=1S/C19H14N2OS/c1-13-2-6-15(7-3-13)18-12-23-19(21-18)16(11-20)10-14-4-8-17(22)9-5-14/h2-10,12,22H,1H3. The molecule has 0 aliphatic heterocycles. The van der Waals surface area contributed by atoms with Crippen LogP contribution in [0, 0.1) is 18.3 Å². The number of phenols is 1. The minimum absolute atomic E-state index is 0.205. The van der Waals surface area contributed by atoms with E-state index in [0.29, 0.717) is 10.6 Å². The number of aromatic hydroxyl groups is 1. The van der Waals surface area contributed by atoms with Gasteiger partial charge in [-0.3, -0.25) is 0 Å². The van der Waals surface area contributed by atoms with Gasteiger partial charge in [-0.2, -0.15) is 5.26 Å². The highest BCUT2D eigenvalue weighted by atomic mass is 32.1. The lowest BCUT2D eigenvalue weighted by Gasteiger charge is -1.98. The van der Waals surface area contributed by atoms with E-state index in [1.54, 1.807) is 30.3 Å². The molecule has 3 aromatic rings. The van der Waals surface area contributed by atoms with Crippen LogP contribution in [0.15, 0.2) is 53.9 Å². The summed E-state index contributed by atoms with van der Waals surface area (Å²) in [5, 5.41) is 21.4. The molecule has 0 radical (unpaired) electrons. The van der Waals surface area contributed by atoms with Gasteiger partial charge in [-0.15, -0.1) is 11.3 Å². The largest absolute Gasteiger partial charge is 0.508 e. The molecule has 2 aromatic carbocycles. The van der Waals surface area contributed by atoms with Gasteiger partial charge in [0.1, 0.15) is 16.8 Å². The van der Waals surface area contributed by atoms with Gasteiger partial charge in [0.2, 0.25) is 0 Å². The number of aryl methyl sites for hydroxylation is 1. The average Bonchev–Trinajstić information content (AvgIpc) is 3.05. The number of nitrogens with zero attached hydrogens (tertiary/aromatic N) is 2. The van der Waals surface area contributed by atoms with E-state index in [2.05, 4.69) is 11.1 Å². The lowest BCUT2D eigenvalue weighted by atomic mass is 10.1. The summed E-state index contributed by atoms with van der Waals surface area (Å²) in [5.41, 5.74) is 4.48. The van der Waals surface area contributed by atoms with Crippen molar-refractivity contribution >= 4 is 23.0 Å². The molecule has 0 fully saturated rings. The van der Waals surface area contributed by atoms with Gasteiger partial charge in [-0.25, -0.2) is 4.98 Å². The number of allylic oxidation sites excluding steroid dienone is 1. The maximum absolute atomic E-state index is 9.41.